The highest BCUT2D eigenvalue weighted by Crippen LogP contribution is 2.16. The van der Waals surface area contributed by atoms with Crippen molar-refractivity contribution in [1.82, 2.24) is 9.62 Å². The van der Waals surface area contributed by atoms with E-state index in [0.717, 1.165) is 49.9 Å². The van der Waals surface area contributed by atoms with Crippen LogP contribution in [0, 0.1) is 13.8 Å². The van der Waals surface area contributed by atoms with Crippen LogP contribution in [0.4, 0.5) is 5.69 Å². The summed E-state index contributed by atoms with van der Waals surface area (Å²) in [6.45, 7) is 5.34. The molecule has 32 heavy (non-hydrogen) atoms. The second kappa shape index (κ2) is 10.7. The Morgan fingerprint density at radius 3 is 2.19 bits per heavy atom. The number of carbonyl (C=O) groups is 2. The Kier molecular flexibility index (Phi) is 8.04. The monoisotopic (exact) mass is 457 g/mol. The fourth-order valence-electron chi connectivity index (χ4n) is 3.64. The maximum Gasteiger partial charge on any atom is 0.253 e. The third-order valence-electron chi connectivity index (χ3n) is 5.74. The Bertz CT molecular complexity index is 1060. The summed E-state index contributed by atoms with van der Waals surface area (Å²) in [5, 5.41) is 2.74. The van der Waals surface area contributed by atoms with Gasteiger partial charge in [0.05, 0.1) is 4.90 Å². The molecular weight excluding hydrogens is 426 g/mol. The van der Waals surface area contributed by atoms with Crippen molar-refractivity contribution in [3.8, 4) is 0 Å². The van der Waals surface area contributed by atoms with E-state index in [2.05, 4.69) is 10.0 Å². The van der Waals surface area contributed by atoms with Crippen LogP contribution in [0.1, 0.15) is 53.6 Å². The highest BCUT2D eigenvalue weighted by atomic mass is 32.2. The maximum absolute atomic E-state index is 12.7. The van der Waals surface area contributed by atoms with Crippen LogP contribution in [0.25, 0.3) is 0 Å². The molecule has 0 bridgehead atoms. The third-order valence-corrected chi connectivity index (χ3v) is 7.20. The van der Waals surface area contributed by atoms with E-state index in [9.17, 15) is 18.0 Å². The number of likely N-dealkylation sites (tertiary alicyclic amines) is 1. The van der Waals surface area contributed by atoms with E-state index in [1.807, 2.05) is 18.7 Å². The first-order chi connectivity index (χ1) is 15.3. The number of sulfonamides is 1. The van der Waals surface area contributed by atoms with Crippen molar-refractivity contribution in [3.05, 3.63) is 59.2 Å². The molecule has 0 saturated carbocycles. The first-order valence-electron chi connectivity index (χ1n) is 11.0. The predicted molar refractivity (Wildman–Crippen MR) is 125 cm³/mol. The summed E-state index contributed by atoms with van der Waals surface area (Å²) in [6.07, 6.45) is 4.39. The van der Waals surface area contributed by atoms with Gasteiger partial charge >= 0.3 is 0 Å². The van der Waals surface area contributed by atoms with E-state index in [-0.39, 0.29) is 29.7 Å². The van der Waals surface area contributed by atoms with Crippen molar-refractivity contribution >= 4 is 27.5 Å². The molecule has 0 aromatic heterocycles. The summed E-state index contributed by atoms with van der Waals surface area (Å²) in [6, 6.07) is 11.8. The number of anilines is 1. The normalized spacial score (nSPS) is 14.6. The Morgan fingerprint density at radius 1 is 0.906 bits per heavy atom. The number of nitrogens with zero attached hydrogens (tertiary/aromatic N) is 1. The lowest BCUT2D eigenvalue weighted by molar-refractivity contribution is -0.116. The summed E-state index contributed by atoms with van der Waals surface area (Å²) in [4.78, 5) is 26.9. The van der Waals surface area contributed by atoms with Gasteiger partial charge in [-0.25, -0.2) is 13.1 Å². The number of rotatable bonds is 7. The predicted octanol–water partition coefficient (Wildman–Crippen LogP) is 3.63. The number of hydrogen-bond donors (Lipinski definition) is 2. The minimum Gasteiger partial charge on any atom is -0.339 e. The number of carbonyl (C=O) groups excluding carboxylic acids is 2. The molecule has 0 spiro atoms. The maximum atomic E-state index is 12.7. The van der Waals surface area contributed by atoms with Crippen LogP contribution in [0.3, 0.4) is 0 Å². The zero-order valence-electron chi connectivity index (χ0n) is 18.7. The molecule has 0 atom stereocenters. The molecule has 1 aliphatic rings. The van der Waals surface area contributed by atoms with E-state index < -0.39 is 10.0 Å². The number of hydrogen-bond acceptors (Lipinski definition) is 4. The third kappa shape index (κ3) is 6.40. The van der Waals surface area contributed by atoms with E-state index in [0.29, 0.717) is 11.3 Å². The molecule has 0 radical (unpaired) electrons. The lowest BCUT2D eigenvalue weighted by Crippen LogP contribution is -2.31. The average molecular weight is 458 g/mol. The first-order valence-corrected chi connectivity index (χ1v) is 12.5. The van der Waals surface area contributed by atoms with E-state index in [4.69, 9.17) is 0 Å². The molecule has 7 nitrogen and oxygen atoms in total. The lowest BCUT2D eigenvalue weighted by atomic mass is 10.1. The molecular formula is C24H31N3O4S. The highest BCUT2D eigenvalue weighted by Gasteiger charge is 2.18. The minimum atomic E-state index is -3.67. The fourth-order valence-corrected chi connectivity index (χ4v) is 4.76. The van der Waals surface area contributed by atoms with Gasteiger partial charge in [-0.1, -0.05) is 18.9 Å². The summed E-state index contributed by atoms with van der Waals surface area (Å²) in [5.41, 5.74) is 3.08. The molecule has 1 saturated heterocycles. The standard InChI is InChI=1S/C24H31N3O4S/c1-18-7-12-22(17-19(18)2)32(30,31)25-14-13-23(28)26-21-10-8-20(9-11-21)24(29)27-15-5-3-4-6-16-27/h7-12,17,25H,3-6,13-16H2,1-2H3,(H,26,28). The van der Waals surface area contributed by atoms with Crippen molar-refractivity contribution < 1.29 is 18.0 Å². The zero-order valence-corrected chi connectivity index (χ0v) is 19.5. The Labute approximate surface area is 190 Å². The number of benzene rings is 2. The summed E-state index contributed by atoms with van der Waals surface area (Å²) in [5.74, 6) is -0.287. The van der Waals surface area contributed by atoms with E-state index in [1.54, 1.807) is 42.5 Å². The van der Waals surface area contributed by atoms with Gasteiger partial charge in [0.2, 0.25) is 15.9 Å². The highest BCUT2D eigenvalue weighted by molar-refractivity contribution is 7.89. The van der Waals surface area contributed by atoms with Crippen LogP contribution in [-0.2, 0) is 14.8 Å². The number of aryl methyl sites for hydroxylation is 2. The molecule has 0 aliphatic carbocycles. The first kappa shape index (κ1) is 23.9. The van der Waals surface area contributed by atoms with Crippen molar-refractivity contribution in [2.24, 2.45) is 0 Å². The van der Waals surface area contributed by atoms with E-state index in [1.165, 1.54) is 0 Å². The van der Waals surface area contributed by atoms with Gasteiger partial charge < -0.3 is 10.2 Å². The smallest absolute Gasteiger partial charge is 0.253 e. The van der Waals surface area contributed by atoms with Crippen molar-refractivity contribution in [3.63, 3.8) is 0 Å². The lowest BCUT2D eigenvalue weighted by Gasteiger charge is -2.20. The summed E-state index contributed by atoms with van der Waals surface area (Å²) >= 11 is 0. The van der Waals surface area contributed by atoms with Crippen LogP contribution < -0.4 is 10.0 Å². The molecule has 0 unspecified atom stereocenters. The second-order valence-corrected chi connectivity index (χ2v) is 9.99. The zero-order chi connectivity index (χ0) is 23.1. The average Bonchev–Trinajstić information content (AvgIpc) is 3.05. The molecule has 2 aromatic rings. The van der Waals surface area contributed by atoms with Gasteiger partial charge in [-0.15, -0.1) is 0 Å². The Balaban J connectivity index is 1.49. The molecule has 3 rings (SSSR count). The Morgan fingerprint density at radius 2 is 1.56 bits per heavy atom. The van der Waals surface area contributed by atoms with Crippen LogP contribution in [-0.4, -0.2) is 44.8 Å². The van der Waals surface area contributed by atoms with E-state index >= 15 is 0 Å². The van der Waals surface area contributed by atoms with Crippen LogP contribution in [0.5, 0.6) is 0 Å². The van der Waals surface area contributed by atoms with Gasteiger partial charge in [0.1, 0.15) is 0 Å². The van der Waals surface area contributed by atoms with Crippen molar-refractivity contribution in [2.75, 3.05) is 25.0 Å². The van der Waals surface area contributed by atoms with Gasteiger partial charge in [-0.3, -0.25) is 9.59 Å². The topological polar surface area (TPSA) is 95.6 Å². The number of nitrogens with one attached hydrogen (secondary N) is 2. The van der Waals surface area contributed by atoms with Crippen LogP contribution in [0.2, 0.25) is 0 Å². The minimum absolute atomic E-state index is 0.00146. The molecule has 2 amide bonds. The van der Waals surface area contributed by atoms with Gasteiger partial charge in [0.25, 0.3) is 5.91 Å². The van der Waals surface area contributed by atoms with Crippen LogP contribution >= 0.6 is 0 Å². The number of amides is 2. The van der Waals surface area contributed by atoms with Gasteiger partial charge in [0.15, 0.2) is 0 Å². The quantitative estimate of drug-likeness (QED) is 0.664. The Hall–Kier alpha value is -2.71. The summed E-state index contributed by atoms with van der Waals surface area (Å²) in [7, 11) is -3.67. The SMILES string of the molecule is Cc1ccc(S(=O)(=O)NCCC(=O)Nc2ccc(C(=O)N3CCCCCC3)cc2)cc1C. The molecule has 1 heterocycles. The molecule has 1 aliphatic heterocycles. The largest absolute Gasteiger partial charge is 0.339 e. The molecule has 2 aromatic carbocycles. The van der Waals surface area contributed by atoms with Crippen LogP contribution in [0.15, 0.2) is 47.4 Å². The fraction of sp³-hybridized carbons (Fsp3) is 0.417. The van der Waals surface area contributed by atoms with Crippen molar-refractivity contribution in [2.45, 2.75) is 50.8 Å². The van der Waals surface area contributed by atoms with Gasteiger partial charge in [0, 0.05) is 37.3 Å². The van der Waals surface area contributed by atoms with Gasteiger partial charge in [-0.2, -0.15) is 0 Å². The molecule has 2 N–H and O–H groups in total. The summed E-state index contributed by atoms with van der Waals surface area (Å²) < 4.78 is 27.3. The molecule has 172 valence electrons. The molecule has 8 heteroatoms. The van der Waals surface area contributed by atoms with Crippen molar-refractivity contribution in [1.29, 1.82) is 0 Å². The van der Waals surface area contributed by atoms with Gasteiger partial charge in [-0.05, 0) is 74.2 Å². The second-order valence-electron chi connectivity index (χ2n) is 8.23. The molecule has 1 fully saturated rings.